The highest BCUT2D eigenvalue weighted by molar-refractivity contribution is 7.80. The van der Waals surface area contributed by atoms with Gasteiger partial charge in [0.1, 0.15) is 5.75 Å². The van der Waals surface area contributed by atoms with Crippen molar-refractivity contribution in [2.45, 2.75) is 0 Å². The Labute approximate surface area is 159 Å². The molecular formula is C18H15N3O3S2. The maximum atomic E-state index is 12.5. The molecule has 0 bridgehead atoms. The van der Waals surface area contributed by atoms with Crippen molar-refractivity contribution >= 4 is 51.3 Å². The van der Waals surface area contributed by atoms with E-state index in [9.17, 15) is 9.59 Å². The molecule has 0 spiro atoms. The Balaban J connectivity index is 1.68. The minimum atomic E-state index is -0.435. The van der Waals surface area contributed by atoms with Crippen molar-refractivity contribution in [3.8, 4) is 5.75 Å². The number of fused-ring (bicyclic) bond motifs is 1. The van der Waals surface area contributed by atoms with E-state index < -0.39 is 5.91 Å². The van der Waals surface area contributed by atoms with Gasteiger partial charge in [0.05, 0.1) is 17.6 Å². The number of ether oxygens (including phenoxy) is 1. The summed E-state index contributed by atoms with van der Waals surface area (Å²) < 4.78 is 5.31. The third-order valence-electron chi connectivity index (χ3n) is 3.57. The highest BCUT2D eigenvalue weighted by Gasteiger charge is 2.15. The number of hydrogen-bond donors (Lipinski definition) is 3. The highest BCUT2D eigenvalue weighted by atomic mass is 32.1. The van der Waals surface area contributed by atoms with E-state index in [1.807, 2.05) is 24.3 Å². The first kappa shape index (κ1) is 17.8. The monoisotopic (exact) mass is 385 g/mol. The Bertz CT molecular complexity index is 971. The molecule has 3 N–H and O–H groups in total. The lowest BCUT2D eigenvalue weighted by molar-refractivity contribution is 0.0937. The van der Waals surface area contributed by atoms with Crippen molar-refractivity contribution in [1.29, 1.82) is 0 Å². The van der Waals surface area contributed by atoms with Gasteiger partial charge in [0.2, 0.25) is 0 Å². The average molecular weight is 385 g/mol. The minimum absolute atomic E-state index is 0.0184. The summed E-state index contributed by atoms with van der Waals surface area (Å²) in [4.78, 5) is 24.9. The van der Waals surface area contributed by atoms with Crippen molar-refractivity contribution in [1.82, 2.24) is 16.2 Å². The van der Waals surface area contributed by atoms with E-state index in [1.165, 1.54) is 18.4 Å². The fourth-order valence-electron chi connectivity index (χ4n) is 2.35. The molecule has 0 aliphatic rings. The van der Waals surface area contributed by atoms with E-state index >= 15 is 0 Å². The first-order chi connectivity index (χ1) is 12.6. The van der Waals surface area contributed by atoms with Gasteiger partial charge in [-0.2, -0.15) is 0 Å². The van der Waals surface area contributed by atoms with Crippen molar-refractivity contribution in [3.05, 3.63) is 64.4 Å². The molecule has 3 rings (SSSR count). The number of nitrogens with one attached hydrogen (secondary N) is 3. The van der Waals surface area contributed by atoms with Crippen molar-refractivity contribution in [2.75, 3.05) is 7.11 Å². The zero-order chi connectivity index (χ0) is 18.5. The molecule has 0 fully saturated rings. The molecular weight excluding hydrogens is 370 g/mol. The van der Waals surface area contributed by atoms with E-state index in [0.717, 1.165) is 10.8 Å². The van der Waals surface area contributed by atoms with E-state index in [-0.39, 0.29) is 11.0 Å². The maximum Gasteiger partial charge on any atom is 0.279 e. The second-order valence-electron chi connectivity index (χ2n) is 5.24. The minimum Gasteiger partial charge on any atom is -0.496 e. The molecule has 6 nitrogen and oxygen atoms in total. The molecule has 2 amide bonds. The quantitative estimate of drug-likeness (QED) is 0.477. The Kier molecular flexibility index (Phi) is 5.45. The summed E-state index contributed by atoms with van der Waals surface area (Å²) in [6.45, 7) is 0. The predicted octanol–water partition coefficient (Wildman–Crippen LogP) is 2.86. The number of hydrazine groups is 1. The molecule has 26 heavy (non-hydrogen) atoms. The topological polar surface area (TPSA) is 79.5 Å². The van der Waals surface area contributed by atoms with Crippen LogP contribution in [0.3, 0.4) is 0 Å². The lowest BCUT2D eigenvalue weighted by Crippen LogP contribution is -2.48. The van der Waals surface area contributed by atoms with Gasteiger partial charge in [-0.15, -0.1) is 11.3 Å². The van der Waals surface area contributed by atoms with Crippen LogP contribution in [0.25, 0.3) is 10.8 Å². The van der Waals surface area contributed by atoms with Crippen LogP contribution in [0.15, 0.2) is 53.9 Å². The number of benzene rings is 2. The van der Waals surface area contributed by atoms with Gasteiger partial charge in [-0.25, -0.2) is 0 Å². The number of carbonyl (C=O) groups excluding carboxylic acids is 2. The number of rotatable bonds is 3. The highest BCUT2D eigenvalue weighted by Crippen LogP contribution is 2.25. The SMILES string of the molecule is COc1cc2ccccc2cc1C(=O)NC(=S)NNC(=O)c1cccs1. The second-order valence-corrected chi connectivity index (χ2v) is 6.60. The predicted molar refractivity (Wildman–Crippen MR) is 105 cm³/mol. The van der Waals surface area contributed by atoms with Crippen LogP contribution in [0.5, 0.6) is 5.75 Å². The number of amides is 2. The van der Waals surface area contributed by atoms with Gasteiger partial charge >= 0.3 is 0 Å². The molecule has 0 unspecified atom stereocenters. The molecule has 0 atom stereocenters. The average Bonchev–Trinajstić information content (AvgIpc) is 3.19. The Morgan fingerprint density at radius 2 is 1.73 bits per heavy atom. The molecule has 0 aliphatic carbocycles. The lowest BCUT2D eigenvalue weighted by Gasteiger charge is -2.13. The van der Waals surface area contributed by atoms with Crippen LogP contribution in [0.4, 0.5) is 0 Å². The summed E-state index contributed by atoms with van der Waals surface area (Å²) in [5, 5.41) is 6.17. The van der Waals surface area contributed by atoms with Crippen molar-refractivity contribution in [3.63, 3.8) is 0 Å². The van der Waals surface area contributed by atoms with Gasteiger partial charge in [0.25, 0.3) is 11.8 Å². The largest absolute Gasteiger partial charge is 0.496 e. The third kappa shape index (κ3) is 3.98. The summed E-state index contributed by atoms with van der Waals surface area (Å²) in [5.74, 6) is -0.331. The molecule has 2 aromatic carbocycles. The van der Waals surface area contributed by atoms with Gasteiger partial charge in [-0.05, 0) is 46.6 Å². The van der Waals surface area contributed by atoms with Crippen LogP contribution in [0, 0.1) is 0 Å². The van der Waals surface area contributed by atoms with Crippen molar-refractivity contribution < 1.29 is 14.3 Å². The normalized spacial score (nSPS) is 10.2. The number of hydrogen-bond acceptors (Lipinski definition) is 5. The first-order valence-corrected chi connectivity index (χ1v) is 8.89. The summed E-state index contributed by atoms with van der Waals surface area (Å²) in [5.41, 5.74) is 5.29. The maximum absolute atomic E-state index is 12.5. The summed E-state index contributed by atoms with van der Waals surface area (Å²) in [6, 6.07) is 14.6. The summed E-state index contributed by atoms with van der Waals surface area (Å²) in [7, 11) is 1.50. The number of thiophene rings is 1. The van der Waals surface area contributed by atoms with Crippen LogP contribution >= 0.6 is 23.6 Å². The Hall–Kier alpha value is -2.97. The van der Waals surface area contributed by atoms with Crippen molar-refractivity contribution in [2.24, 2.45) is 0 Å². The van der Waals surface area contributed by atoms with Gasteiger partial charge in [-0.1, -0.05) is 30.3 Å². The zero-order valence-electron chi connectivity index (χ0n) is 13.7. The van der Waals surface area contributed by atoms with E-state index in [4.69, 9.17) is 17.0 Å². The second kappa shape index (κ2) is 7.94. The standard InChI is InChI=1S/C18H15N3O3S2/c1-24-14-10-12-6-3-2-5-11(12)9-13(14)16(22)19-18(25)21-20-17(23)15-7-4-8-26-15/h2-10H,1H3,(H,20,23)(H2,19,21,22,25). The van der Waals surface area contributed by atoms with Crippen LogP contribution in [0.1, 0.15) is 20.0 Å². The van der Waals surface area contributed by atoms with Crippen LogP contribution in [-0.4, -0.2) is 24.0 Å². The molecule has 0 radical (unpaired) electrons. The molecule has 0 aliphatic heterocycles. The molecule has 0 saturated heterocycles. The van der Waals surface area contributed by atoms with E-state index in [2.05, 4.69) is 16.2 Å². The lowest BCUT2D eigenvalue weighted by atomic mass is 10.1. The first-order valence-electron chi connectivity index (χ1n) is 7.60. The van der Waals surface area contributed by atoms with Crippen LogP contribution < -0.4 is 20.9 Å². The van der Waals surface area contributed by atoms with Gasteiger partial charge in [-0.3, -0.25) is 25.8 Å². The van der Waals surface area contributed by atoms with Gasteiger partial charge < -0.3 is 4.74 Å². The number of thiocarbonyl (C=S) groups is 1. The van der Waals surface area contributed by atoms with E-state index in [1.54, 1.807) is 29.6 Å². The smallest absolute Gasteiger partial charge is 0.279 e. The fourth-order valence-corrected chi connectivity index (χ4v) is 3.11. The molecule has 3 aromatic rings. The van der Waals surface area contributed by atoms with Crippen LogP contribution in [-0.2, 0) is 0 Å². The van der Waals surface area contributed by atoms with Crippen LogP contribution in [0.2, 0.25) is 0 Å². The summed E-state index contributed by atoms with van der Waals surface area (Å²) >= 11 is 6.36. The molecule has 132 valence electrons. The molecule has 1 heterocycles. The Morgan fingerprint density at radius 3 is 2.38 bits per heavy atom. The molecule has 8 heteroatoms. The zero-order valence-corrected chi connectivity index (χ0v) is 15.4. The fraction of sp³-hybridized carbons (Fsp3) is 0.0556. The number of methoxy groups -OCH3 is 1. The third-order valence-corrected chi connectivity index (χ3v) is 4.65. The molecule has 1 aromatic heterocycles. The van der Waals surface area contributed by atoms with E-state index in [0.29, 0.717) is 16.2 Å². The molecule has 0 saturated carbocycles. The van der Waals surface area contributed by atoms with Gasteiger partial charge in [0.15, 0.2) is 5.11 Å². The summed E-state index contributed by atoms with van der Waals surface area (Å²) in [6.07, 6.45) is 0. The van der Waals surface area contributed by atoms with Gasteiger partial charge in [0, 0.05) is 0 Å². The number of carbonyl (C=O) groups is 2. The Morgan fingerprint density at radius 1 is 1.00 bits per heavy atom.